The molecule has 0 aromatic carbocycles. The van der Waals surface area contributed by atoms with Gasteiger partial charge in [0, 0.05) is 18.3 Å². The van der Waals surface area contributed by atoms with Gasteiger partial charge < -0.3 is 11.1 Å². The van der Waals surface area contributed by atoms with E-state index in [2.05, 4.69) is 19.2 Å². The van der Waals surface area contributed by atoms with Gasteiger partial charge in [-0.05, 0) is 6.92 Å². The average molecular weight is 128 g/mol. The summed E-state index contributed by atoms with van der Waals surface area (Å²) in [5, 5.41) is 3.20. The first-order chi connectivity index (χ1) is 4.16. The fourth-order valence-corrected chi connectivity index (χ4v) is 0.424. The molecule has 0 bridgehead atoms. The molecule has 0 aliphatic rings. The Morgan fingerprint density at radius 3 is 2.56 bits per heavy atom. The fourth-order valence-electron chi connectivity index (χ4n) is 0.424. The van der Waals surface area contributed by atoms with Crippen LogP contribution in [0.5, 0.6) is 0 Å². The van der Waals surface area contributed by atoms with Crippen molar-refractivity contribution in [3.63, 3.8) is 0 Å². The summed E-state index contributed by atoms with van der Waals surface area (Å²) in [6.07, 6.45) is 1.91. The van der Waals surface area contributed by atoms with Gasteiger partial charge in [-0.2, -0.15) is 0 Å². The standard InChI is InChI=1S/C7H16N2/c1-4-7(8)5-9-6(2)3/h4,6,9H,5,8H2,1-3H3/b7-4+. The summed E-state index contributed by atoms with van der Waals surface area (Å²) in [4.78, 5) is 0. The van der Waals surface area contributed by atoms with Crippen LogP contribution in [-0.2, 0) is 0 Å². The minimum atomic E-state index is 0.517. The van der Waals surface area contributed by atoms with E-state index in [1.807, 2.05) is 13.0 Å². The molecule has 0 aromatic heterocycles. The van der Waals surface area contributed by atoms with Crippen molar-refractivity contribution in [1.82, 2.24) is 5.32 Å². The highest BCUT2D eigenvalue weighted by atomic mass is 14.9. The predicted octanol–water partition coefficient (Wildman–Crippen LogP) is 0.847. The van der Waals surface area contributed by atoms with Gasteiger partial charge in [0.05, 0.1) is 0 Å². The van der Waals surface area contributed by atoms with Crippen molar-refractivity contribution in [2.75, 3.05) is 6.54 Å². The van der Waals surface area contributed by atoms with E-state index >= 15 is 0 Å². The molecule has 0 radical (unpaired) electrons. The Morgan fingerprint density at radius 1 is 1.67 bits per heavy atom. The predicted molar refractivity (Wildman–Crippen MR) is 41.1 cm³/mol. The molecule has 2 heteroatoms. The number of hydrogen-bond acceptors (Lipinski definition) is 2. The molecule has 0 atom stereocenters. The van der Waals surface area contributed by atoms with Gasteiger partial charge in [0.1, 0.15) is 0 Å². The molecular formula is C7H16N2. The maximum atomic E-state index is 5.52. The minimum absolute atomic E-state index is 0.517. The van der Waals surface area contributed by atoms with E-state index in [0.717, 1.165) is 12.2 Å². The van der Waals surface area contributed by atoms with Gasteiger partial charge in [-0.15, -0.1) is 0 Å². The second kappa shape index (κ2) is 4.39. The highest BCUT2D eigenvalue weighted by Crippen LogP contribution is 1.81. The van der Waals surface area contributed by atoms with Crippen LogP contribution in [0, 0.1) is 0 Å². The first-order valence-corrected chi connectivity index (χ1v) is 3.31. The molecule has 0 amide bonds. The SMILES string of the molecule is C/C=C(/N)CNC(C)C. The molecule has 0 saturated carbocycles. The molecule has 0 saturated heterocycles. The van der Waals surface area contributed by atoms with E-state index < -0.39 is 0 Å². The lowest BCUT2D eigenvalue weighted by molar-refractivity contribution is 0.619. The summed E-state index contributed by atoms with van der Waals surface area (Å²) in [6, 6.07) is 0.517. The van der Waals surface area contributed by atoms with Crippen molar-refractivity contribution in [2.45, 2.75) is 26.8 Å². The third kappa shape index (κ3) is 5.37. The zero-order valence-corrected chi connectivity index (χ0v) is 6.44. The summed E-state index contributed by atoms with van der Waals surface area (Å²) < 4.78 is 0. The molecule has 2 nitrogen and oxygen atoms in total. The van der Waals surface area contributed by atoms with E-state index in [0.29, 0.717) is 6.04 Å². The maximum absolute atomic E-state index is 5.52. The second-order valence-electron chi connectivity index (χ2n) is 2.40. The molecule has 0 rings (SSSR count). The number of nitrogens with two attached hydrogens (primary N) is 1. The summed E-state index contributed by atoms with van der Waals surface area (Å²) >= 11 is 0. The van der Waals surface area contributed by atoms with Crippen molar-refractivity contribution in [1.29, 1.82) is 0 Å². The van der Waals surface area contributed by atoms with Crippen molar-refractivity contribution < 1.29 is 0 Å². The lowest BCUT2D eigenvalue weighted by Crippen LogP contribution is -2.27. The highest BCUT2D eigenvalue weighted by molar-refractivity contribution is 4.96. The largest absolute Gasteiger partial charge is 0.401 e. The fraction of sp³-hybridized carbons (Fsp3) is 0.714. The van der Waals surface area contributed by atoms with Gasteiger partial charge in [0.2, 0.25) is 0 Å². The summed E-state index contributed by atoms with van der Waals surface area (Å²) in [5.74, 6) is 0. The van der Waals surface area contributed by atoms with E-state index in [9.17, 15) is 0 Å². The van der Waals surface area contributed by atoms with Gasteiger partial charge in [0.25, 0.3) is 0 Å². The molecule has 0 spiro atoms. The van der Waals surface area contributed by atoms with Crippen molar-refractivity contribution in [3.05, 3.63) is 11.8 Å². The number of allylic oxidation sites excluding steroid dienone is 1. The van der Waals surface area contributed by atoms with Gasteiger partial charge in [-0.1, -0.05) is 19.9 Å². The van der Waals surface area contributed by atoms with Crippen LogP contribution in [-0.4, -0.2) is 12.6 Å². The maximum Gasteiger partial charge on any atom is 0.0350 e. The Labute approximate surface area is 57.1 Å². The molecule has 9 heavy (non-hydrogen) atoms. The lowest BCUT2D eigenvalue weighted by Gasteiger charge is -2.06. The Balaban J connectivity index is 3.28. The van der Waals surface area contributed by atoms with E-state index in [1.54, 1.807) is 0 Å². The molecular weight excluding hydrogens is 112 g/mol. The van der Waals surface area contributed by atoms with Gasteiger partial charge in [-0.3, -0.25) is 0 Å². The van der Waals surface area contributed by atoms with Crippen molar-refractivity contribution >= 4 is 0 Å². The summed E-state index contributed by atoms with van der Waals surface area (Å²) in [6.45, 7) is 6.94. The van der Waals surface area contributed by atoms with Gasteiger partial charge in [-0.25, -0.2) is 0 Å². The quantitative estimate of drug-likeness (QED) is 0.591. The Hall–Kier alpha value is -0.500. The van der Waals surface area contributed by atoms with E-state index in [-0.39, 0.29) is 0 Å². The van der Waals surface area contributed by atoms with Crippen LogP contribution in [0.15, 0.2) is 11.8 Å². The van der Waals surface area contributed by atoms with Crippen LogP contribution in [0.3, 0.4) is 0 Å². The average Bonchev–Trinajstić information content (AvgIpc) is 1.83. The Bertz CT molecular complexity index is 95.1. The first-order valence-electron chi connectivity index (χ1n) is 3.31. The molecule has 0 heterocycles. The molecule has 54 valence electrons. The molecule has 3 N–H and O–H groups in total. The van der Waals surface area contributed by atoms with Crippen LogP contribution >= 0.6 is 0 Å². The van der Waals surface area contributed by atoms with Crippen LogP contribution in [0.1, 0.15) is 20.8 Å². The normalized spacial score (nSPS) is 12.7. The Morgan fingerprint density at radius 2 is 2.22 bits per heavy atom. The van der Waals surface area contributed by atoms with E-state index in [4.69, 9.17) is 5.73 Å². The summed E-state index contributed by atoms with van der Waals surface area (Å²) in [7, 11) is 0. The third-order valence-corrected chi connectivity index (χ3v) is 1.09. The van der Waals surface area contributed by atoms with Crippen molar-refractivity contribution in [3.8, 4) is 0 Å². The molecule has 0 aliphatic carbocycles. The van der Waals surface area contributed by atoms with Crippen molar-refractivity contribution in [2.24, 2.45) is 5.73 Å². The van der Waals surface area contributed by atoms with Crippen LogP contribution in [0.2, 0.25) is 0 Å². The second-order valence-corrected chi connectivity index (χ2v) is 2.40. The Kier molecular flexibility index (Phi) is 4.14. The number of hydrogen-bond donors (Lipinski definition) is 2. The van der Waals surface area contributed by atoms with Crippen LogP contribution in [0.4, 0.5) is 0 Å². The van der Waals surface area contributed by atoms with Crippen LogP contribution in [0.25, 0.3) is 0 Å². The first kappa shape index (κ1) is 8.50. The molecule has 0 aromatic rings. The highest BCUT2D eigenvalue weighted by Gasteiger charge is 1.90. The smallest absolute Gasteiger partial charge is 0.0350 e. The molecule has 0 unspecified atom stereocenters. The van der Waals surface area contributed by atoms with Gasteiger partial charge in [0.15, 0.2) is 0 Å². The number of nitrogens with one attached hydrogen (secondary N) is 1. The minimum Gasteiger partial charge on any atom is -0.401 e. The zero-order valence-electron chi connectivity index (χ0n) is 6.44. The molecule has 0 aliphatic heterocycles. The summed E-state index contributed by atoms with van der Waals surface area (Å²) in [5.41, 5.74) is 6.43. The number of rotatable bonds is 3. The third-order valence-electron chi connectivity index (χ3n) is 1.09. The van der Waals surface area contributed by atoms with Gasteiger partial charge >= 0.3 is 0 Å². The van der Waals surface area contributed by atoms with E-state index in [1.165, 1.54) is 0 Å². The lowest BCUT2D eigenvalue weighted by atomic mass is 10.3. The van der Waals surface area contributed by atoms with Crippen LogP contribution < -0.4 is 11.1 Å². The zero-order chi connectivity index (χ0) is 7.28. The molecule has 0 fully saturated rings. The monoisotopic (exact) mass is 128 g/mol. The topological polar surface area (TPSA) is 38.0 Å².